The van der Waals surface area contributed by atoms with E-state index in [1.165, 1.54) is 23.6 Å². The number of thiazole rings is 1. The number of fused-ring (bicyclic) bond motifs is 2. The number of amides is 1. The zero-order valence-electron chi connectivity index (χ0n) is 14.7. The topological polar surface area (TPSA) is 89.1 Å². The first-order valence-corrected chi connectivity index (χ1v) is 9.79. The van der Waals surface area contributed by atoms with Crippen LogP contribution in [-0.2, 0) is 11.2 Å². The second kappa shape index (κ2) is 7.02. The lowest BCUT2D eigenvalue weighted by Gasteiger charge is -2.06. The first-order valence-electron chi connectivity index (χ1n) is 8.54. The van der Waals surface area contributed by atoms with Gasteiger partial charge in [0, 0.05) is 34.4 Å². The smallest absolute Gasteiger partial charge is 0.231 e. The van der Waals surface area contributed by atoms with Crippen molar-refractivity contribution in [3.8, 4) is 22.8 Å². The molecule has 29 heavy (non-hydrogen) atoms. The van der Waals surface area contributed by atoms with Crippen LogP contribution in [0.2, 0.25) is 5.02 Å². The van der Waals surface area contributed by atoms with Crippen molar-refractivity contribution in [3.05, 3.63) is 52.4 Å². The van der Waals surface area contributed by atoms with Gasteiger partial charge in [0.25, 0.3) is 0 Å². The average Bonchev–Trinajstić information content (AvgIpc) is 3.41. The van der Waals surface area contributed by atoms with Crippen molar-refractivity contribution in [1.82, 2.24) is 15.0 Å². The molecule has 0 spiro atoms. The zero-order chi connectivity index (χ0) is 20.0. The number of pyridine rings is 1. The number of carbonyl (C=O) groups excluding carboxylic acids is 1. The molecule has 1 amide bonds. The van der Waals surface area contributed by atoms with Gasteiger partial charge in [0.2, 0.25) is 12.7 Å². The minimum absolute atomic E-state index is 0.0516. The van der Waals surface area contributed by atoms with E-state index in [9.17, 15) is 9.18 Å². The van der Waals surface area contributed by atoms with Gasteiger partial charge in [-0.25, -0.2) is 14.4 Å². The summed E-state index contributed by atoms with van der Waals surface area (Å²) in [6, 6.07) is 4.62. The lowest BCUT2D eigenvalue weighted by molar-refractivity contribution is -0.115. The molecule has 0 aliphatic carbocycles. The van der Waals surface area contributed by atoms with Crippen LogP contribution in [0.1, 0.15) is 5.56 Å². The van der Waals surface area contributed by atoms with Crippen LogP contribution >= 0.6 is 22.9 Å². The molecule has 3 aromatic heterocycles. The number of carbonyl (C=O) groups is 1. The standard InChI is InChI=1S/C19H12ClFN4O3S/c20-11-5-15-14(27-8-28-15)3-9(11)4-16(26)25-19-24-13(7-29-19)10-6-23-18-17(10)12(21)1-2-22-18/h1-3,5-7H,4,8H2,(H,22,23)(H,24,25,26). The summed E-state index contributed by atoms with van der Waals surface area (Å²) < 4.78 is 24.8. The van der Waals surface area contributed by atoms with Crippen LogP contribution in [-0.4, -0.2) is 27.7 Å². The Morgan fingerprint density at radius 1 is 1.34 bits per heavy atom. The Bertz CT molecular complexity index is 1260. The van der Waals surface area contributed by atoms with Crippen LogP contribution in [0.3, 0.4) is 0 Å². The van der Waals surface area contributed by atoms with Gasteiger partial charge in [-0.15, -0.1) is 11.3 Å². The molecule has 0 saturated carbocycles. The summed E-state index contributed by atoms with van der Waals surface area (Å²) in [5, 5.41) is 5.69. The number of hydrogen-bond acceptors (Lipinski definition) is 6. The summed E-state index contributed by atoms with van der Waals surface area (Å²) in [6.45, 7) is 0.132. The lowest BCUT2D eigenvalue weighted by atomic mass is 10.1. The van der Waals surface area contributed by atoms with Crippen molar-refractivity contribution in [3.63, 3.8) is 0 Å². The van der Waals surface area contributed by atoms with Gasteiger partial charge in [0.15, 0.2) is 16.6 Å². The second-order valence-corrected chi connectivity index (χ2v) is 7.54. The second-order valence-electron chi connectivity index (χ2n) is 6.28. The molecule has 2 N–H and O–H groups in total. The highest BCUT2D eigenvalue weighted by Crippen LogP contribution is 2.37. The van der Waals surface area contributed by atoms with E-state index in [0.29, 0.717) is 49.5 Å². The summed E-state index contributed by atoms with van der Waals surface area (Å²) in [7, 11) is 0. The predicted octanol–water partition coefficient (Wildman–Crippen LogP) is 4.39. The van der Waals surface area contributed by atoms with Gasteiger partial charge in [-0.3, -0.25) is 4.79 Å². The Hall–Kier alpha value is -3.17. The van der Waals surface area contributed by atoms with E-state index in [4.69, 9.17) is 21.1 Å². The number of halogens is 2. The molecular formula is C19H12ClFN4O3S. The maximum atomic E-state index is 14.2. The van der Waals surface area contributed by atoms with E-state index < -0.39 is 0 Å². The fraction of sp³-hybridized carbons (Fsp3) is 0.105. The lowest BCUT2D eigenvalue weighted by Crippen LogP contribution is -2.14. The molecule has 0 fully saturated rings. The quantitative estimate of drug-likeness (QED) is 0.501. The molecule has 0 saturated heterocycles. The Morgan fingerprint density at radius 2 is 2.17 bits per heavy atom. The first-order chi connectivity index (χ1) is 14.1. The number of anilines is 1. The van der Waals surface area contributed by atoms with Crippen LogP contribution in [0.25, 0.3) is 22.3 Å². The Labute approximate surface area is 172 Å². The third kappa shape index (κ3) is 3.28. The monoisotopic (exact) mass is 430 g/mol. The van der Waals surface area contributed by atoms with Gasteiger partial charge in [0.1, 0.15) is 11.5 Å². The van der Waals surface area contributed by atoms with Gasteiger partial charge < -0.3 is 19.8 Å². The first kappa shape index (κ1) is 17.9. The van der Waals surface area contributed by atoms with Crippen molar-refractivity contribution in [2.24, 2.45) is 0 Å². The van der Waals surface area contributed by atoms with Crippen LogP contribution < -0.4 is 14.8 Å². The Morgan fingerprint density at radius 3 is 3.03 bits per heavy atom. The molecule has 4 aromatic rings. The van der Waals surface area contributed by atoms with Gasteiger partial charge in [-0.1, -0.05) is 11.6 Å². The highest BCUT2D eigenvalue weighted by Gasteiger charge is 2.19. The SMILES string of the molecule is O=C(Cc1cc2c(cc1Cl)OCO2)Nc1nc(-c2c[nH]c3nccc(F)c23)cs1. The van der Waals surface area contributed by atoms with Crippen molar-refractivity contribution in [2.75, 3.05) is 12.1 Å². The molecule has 4 heterocycles. The Kier molecular flexibility index (Phi) is 4.33. The number of aromatic nitrogens is 3. The maximum Gasteiger partial charge on any atom is 0.231 e. The highest BCUT2D eigenvalue weighted by molar-refractivity contribution is 7.14. The van der Waals surface area contributed by atoms with Gasteiger partial charge in [-0.2, -0.15) is 0 Å². The van der Waals surface area contributed by atoms with E-state index >= 15 is 0 Å². The normalized spacial score (nSPS) is 12.5. The molecule has 0 atom stereocenters. The van der Waals surface area contributed by atoms with Crippen molar-refractivity contribution in [2.45, 2.75) is 6.42 Å². The van der Waals surface area contributed by atoms with Crippen LogP contribution in [0.4, 0.5) is 9.52 Å². The number of ether oxygens (including phenoxy) is 2. The van der Waals surface area contributed by atoms with Crippen LogP contribution in [0.5, 0.6) is 11.5 Å². The van der Waals surface area contributed by atoms with Gasteiger partial charge >= 0.3 is 0 Å². The zero-order valence-corrected chi connectivity index (χ0v) is 16.2. The van der Waals surface area contributed by atoms with E-state index in [1.807, 2.05) is 0 Å². The fourth-order valence-corrected chi connectivity index (χ4v) is 4.05. The third-order valence-corrected chi connectivity index (χ3v) is 5.55. The molecule has 0 radical (unpaired) electrons. The molecule has 1 aliphatic heterocycles. The van der Waals surface area contributed by atoms with E-state index in [1.54, 1.807) is 23.7 Å². The number of rotatable bonds is 4. The molecule has 1 aliphatic rings. The maximum absolute atomic E-state index is 14.2. The third-order valence-electron chi connectivity index (χ3n) is 4.44. The van der Waals surface area contributed by atoms with Crippen molar-refractivity contribution in [1.29, 1.82) is 0 Å². The van der Waals surface area contributed by atoms with E-state index in [2.05, 4.69) is 20.3 Å². The number of H-pyrrole nitrogens is 1. The molecule has 10 heteroatoms. The molecule has 5 rings (SSSR count). The van der Waals surface area contributed by atoms with Crippen molar-refractivity contribution >= 4 is 45.0 Å². The summed E-state index contributed by atoms with van der Waals surface area (Å²) in [6.07, 6.45) is 3.09. The average molecular weight is 431 g/mol. The van der Waals surface area contributed by atoms with Crippen LogP contribution in [0, 0.1) is 5.82 Å². The summed E-state index contributed by atoms with van der Waals surface area (Å²) in [5.41, 5.74) is 2.19. The predicted molar refractivity (Wildman–Crippen MR) is 107 cm³/mol. The molecule has 0 bridgehead atoms. The summed E-state index contributed by atoms with van der Waals surface area (Å²) >= 11 is 7.47. The van der Waals surface area contributed by atoms with Crippen molar-refractivity contribution < 1.29 is 18.7 Å². The van der Waals surface area contributed by atoms with E-state index in [-0.39, 0.29) is 24.9 Å². The molecule has 0 unspecified atom stereocenters. The van der Waals surface area contributed by atoms with E-state index in [0.717, 1.165) is 0 Å². The molecular weight excluding hydrogens is 419 g/mol. The molecule has 146 valence electrons. The Balaban J connectivity index is 1.34. The largest absolute Gasteiger partial charge is 0.454 e. The number of benzene rings is 1. The molecule has 7 nitrogen and oxygen atoms in total. The minimum atomic E-state index is -0.387. The summed E-state index contributed by atoms with van der Waals surface area (Å²) in [5.74, 6) is 0.452. The minimum Gasteiger partial charge on any atom is -0.454 e. The van der Waals surface area contributed by atoms with Gasteiger partial charge in [-0.05, 0) is 17.7 Å². The molecule has 1 aromatic carbocycles. The van der Waals surface area contributed by atoms with Gasteiger partial charge in [0.05, 0.1) is 17.5 Å². The highest BCUT2D eigenvalue weighted by atomic mass is 35.5. The fourth-order valence-electron chi connectivity index (χ4n) is 3.10. The summed E-state index contributed by atoms with van der Waals surface area (Å²) in [4.78, 5) is 23.9. The number of nitrogens with one attached hydrogen (secondary N) is 2. The number of hydrogen-bond donors (Lipinski definition) is 2. The van der Waals surface area contributed by atoms with Crippen LogP contribution in [0.15, 0.2) is 36.0 Å². The number of nitrogens with zero attached hydrogens (tertiary/aromatic N) is 2. The number of aromatic amines is 1.